The van der Waals surface area contributed by atoms with Gasteiger partial charge in [0, 0.05) is 18.5 Å². The second-order valence-corrected chi connectivity index (χ2v) is 6.42. The highest BCUT2D eigenvalue weighted by molar-refractivity contribution is 5.85. The average Bonchev–Trinajstić information content (AvgIpc) is 2.80. The van der Waals surface area contributed by atoms with Gasteiger partial charge in [-0.05, 0) is 39.0 Å². The van der Waals surface area contributed by atoms with Crippen LogP contribution in [-0.4, -0.2) is 29.3 Å². The van der Waals surface area contributed by atoms with E-state index in [4.69, 9.17) is 0 Å². The highest BCUT2D eigenvalue weighted by Crippen LogP contribution is 2.27. The zero-order valence-corrected chi connectivity index (χ0v) is 12.9. The Labute approximate surface area is 113 Å². The third-order valence-corrected chi connectivity index (χ3v) is 4.29. The van der Waals surface area contributed by atoms with Crippen LogP contribution in [0, 0.1) is 11.8 Å². The summed E-state index contributed by atoms with van der Waals surface area (Å²) in [6.45, 7) is 11.8. The van der Waals surface area contributed by atoms with Crippen LogP contribution in [0.25, 0.3) is 0 Å². The van der Waals surface area contributed by atoms with Crippen LogP contribution in [-0.2, 0) is 4.79 Å². The molecule has 0 heterocycles. The van der Waals surface area contributed by atoms with Gasteiger partial charge in [-0.25, -0.2) is 0 Å². The number of hydrogen-bond acceptors (Lipinski definition) is 2. The van der Waals surface area contributed by atoms with Gasteiger partial charge in [-0.1, -0.05) is 33.6 Å². The SMILES string of the molecule is CCC(C(=O)C(C)C)N(CC1CCCC1)C(C)C. The Bertz CT molecular complexity index is 254. The molecule has 1 unspecified atom stereocenters. The maximum Gasteiger partial charge on any atom is 0.152 e. The molecule has 2 nitrogen and oxygen atoms in total. The molecule has 0 spiro atoms. The highest BCUT2D eigenvalue weighted by atomic mass is 16.1. The molecular formula is C16H31NO. The summed E-state index contributed by atoms with van der Waals surface area (Å²) < 4.78 is 0. The first-order valence-corrected chi connectivity index (χ1v) is 7.76. The molecule has 0 N–H and O–H groups in total. The van der Waals surface area contributed by atoms with Gasteiger partial charge in [-0.15, -0.1) is 0 Å². The largest absolute Gasteiger partial charge is 0.298 e. The average molecular weight is 253 g/mol. The van der Waals surface area contributed by atoms with Crippen LogP contribution < -0.4 is 0 Å². The Morgan fingerprint density at radius 1 is 1.17 bits per heavy atom. The van der Waals surface area contributed by atoms with Crippen LogP contribution in [0.2, 0.25) is 0 Å². The van der Waals surface area contributed by atoms with Crippen molar-refractivity contribution in [3.63, 3.8) is 0 Å². The molecule has 0 radical (unpaired) electrons. The van der Waals surface area contributed by atoms with Crippen LogP contribution in [0.15, 0.2) is 0 Å². The first kappa shape index (κ1) is 15.7. The van der Waals surface area contributed by atoms with Crippen molar-refractivity contribution in [2.75, 3.05) is 6.54 Å². The third kappa shape index (κ3) is 4.08. The van der Waals surface area contributed by atoms with Crippen LogP contribution in [0.4, 0.5) is 0 Å². The van der Waals surface area contributed by atoms with Crippen molar-refractivity contribution in [2.24, 2.45) is 11.8 Å². The number of Topliss-reactive ketones (excluding diaryl/α,β-unsaturated/α-hetero) is 1. The first-order chi connectivity index (χ1) is 8.47. The lowest BCUT2D eigenvalue weighted by atomic mass is 9.95. The molecule has 0 aromatic carbocycles. The van der Waals surface area contributed by atoms with E-state index in [1.807, 2.05) is 13.8 Å². The lowest BCUT2D eigenvalue weighted by Gasteiger charge is -2.36. The summed E-state index contributed by atoms with van der Waals surface area (Å²) in [5.41, 5.74) is 0. The van der Waals surface area contributed by atoms with Crippen molar-refractivity contribution < 1.29 is 4.79 Å². The van der Waals surface area contributed by atoms with Crippen molar-refractivity contribution in [3.8, 4) is 0 Å². The molecule has 1 aliphatic rings. The van der Waals surface area contributed by atoms with Gasteiger partial charge in [0.05, 0.1) is 6.04 Å². The Kier molecular flexibility index (Phi) is 6.34. The lowest BCUT2D eigenvalue weighted by molar-refractivity contribution is -0.128. The fourth-order valence-electron chi connectivity index (χ4n) is 3.17. The molecule has 1 saturated carbocycles. The summed E-state index contributed by atoms with van der Waals surface area (Å²) in [5.74, 6) is 1.39. The molecule has 1 atom stereocenters. The van der Waals surface area contributed by atoms with Crippen LogP contribution in [0.3, 0.4) is 0 Å². The number of carbonyl (C=O) groups excluding carboxylic acids is 1. The van der Waals surface area contributed by atoms with Gasteiger partial charge in [-0.3, -0.25) is 9.69 Å². The molecule has 0 saturated heterocycles. The smallest absolute Gasteiger partial charge is 0.152 e. The van der Waals surface area contributed by atoms with E-state index in [9.17, 15) is 4.79 Å². The van der Waals surface area contributed by atoms with E-state index in [1.165, 1.54) is 25.7 Å². The van der Waals surface area contributed by atoms with Crippen molar-refractivity contribution in [2.45, 2.75) is 78.8 Å². The standard InChI is InChI=1S/C16H31NO/c1-6-15(16(18)12(2)3)17(13(4)5)11-14-9-7-8-10-14/h12-15H,6-11H2,1-5H3. The Balaban J connectivity index is 2.70. The first-order valence-electron chi connectivity index (χ1n) is 7.76. The molecule has 0 aliphatic heterocycles. The van der Waals surface area contributed by atoms with E-state index in [-0.39, 0.29) is 12.0 Å². The predicted octanol–water partition coefficient (Wildman–Crippen LogP) is 3.89. The normalized spacial score (nSPS) is 19.1. The molecule has 0 aromatic rings. The quantitative estimate of drug-likeness (QED) is 0.686. The zero-order chi connectivity index (χ0) is 13.7. The molecule has 2 heteroatoms. The number of hydrogen-bond donors (Lipinski definition) is 0. The summed E-state index contributed by atoms with van der Waals surface area (Å²) in [6.07, 6.45) is 6.42. The maximum atomic E-state index is 12.4. The summed E-state index contributed by atoms with van der Waals surface area (Å²) in [7, 11) is 0. The van der Waals surface area contributed by atoms with Gasteiger partial charge < -0.3 is 0 Å². The lowest BCUT2D eigenvalue weighted by Crippen LogP contribution is -2.48. The van der Waals surface area contributed by atoms with E-state index >= 15 is 0 Å². The Hall–Kier alpha value is -0.370. The van der Waals surface area contributed by atoms with Gasteiger partial charge >= 0.3 is 0 Å². The summed E-state index contributed by atoms with van der Waals surface area (Å²) in [4.78, 5) is 14.8. The van der Waals surface area contributed by atoms with Crippen molar-refractivity contribution in [3.05, 3.63) is 0 Å². The van der Waals surface area contributed by atoms with E-state index in [0.717, 1.165) is 18.9 Å². The molecule has 18 heavy (non-hydrogen) atoms. The van der Waals surface area contributed by atoms with Crippen LogP contribution >= 0.6 is 0 Å². The minimum absolute atomic E-state index is 0.130. The monoisotopic (exact) mass is 253 g/mol. The number of carbonyl (C=O) groups is 1. The molecule has 0 bridgehead atoms. The fourth-order valence-corrected chi connectivity index (χ4v) is 3.17. The van der Waals surface area contributed by atoms with Gasteiger partial charge in [0.1, 0.15) is 0 Å². The molecule has 1 aliphatic carbocycles. The van der Waals surface area contributed by atoms with Crippen LogP contribution in [0.1, 0.15) is 66.7 Å². The van der Waals surface area contributed by atoms with E-state index in [2.05, 4.69) is 25.7 Å². The van der Waals surface area contributed by atoms with Crippen LogP contribution in [0.5, 0.6) is 0 Å². The minimum atomic E-state index is 0.130. The van der Waals surface area contributed by atoms with Crippen molar-refractivity contribution >= 4 is 5.78 Å². The van der Waals surface area contributed by atoms with Crippen molar-refractivity contribution in [1.29, 1.82) is 0 Å². The maximum absolute atomic E-state index is 12.4. The second kappa shape index (κ2) is 7.28. The Morgan fingerprint density at radius 3 is 2.11 bits per heavy atom. The second-order valence-electron chi connectivity index (χ2n) is 6.42. The predicted molar refractivity (Wildman–Crippen MR) is 77.7 cm³/mol. The summed E-state index contributed by atoms with van der Waals surface area (Å²) in [6, 6.07) is 0.601. The zero-order valence-electron chi connectivity index (χ0n) is 12.9. The molecule has 1 rings (SSSR count). The Morgan fingerprint density at radius 2 is 1.72 bits per heavy atom. The van der Waals surface area contributed by atoms with Crippen molar-refractivity contribution in [1.82, 2.24) is 4.90 Å². The number of nitrogens with zero attached hydrogens (tertiary/aromatic N) is 1. The van der Waals surface area contributed by atoms with E-state index in [0.29, 0.717) is 11.8 Å². The number of rotatable bonds is 7. The molecule has 1 fully saturated rings. The molecular weight excluding hydrogens is 222 g/mol. The summed E-state index contributed by atoms with van der Waals surface area (Å²) in [5, 5.41) is 0. The van der Waals surface area contributed by atoms with Gasteiger partial charge in [0.15, 0.2) is 5.78 Å². The highest BCUT2D eigenvalue weighted by Gasteiger charge is 2.30. The molecule has 106 valence electrons. The van der Waals surface area contributed by atoms with Gasteiger partial charge in [0.2, 0.25) is 0 Å². The number of ketones is 1. The van der Waals surface area contributed by atoms with Gasteiger partial charge in [0.25, 0.3) is 0 Å². The molecule has 0 amide bonds. The third-order valence-electron chi connectivity index (χ3n) is 4.29. The van der Waals surface area contributed by atoms with E-state index in [1.54, 1.807) is 0 Å². The summed E-state index contributed by atoms with van der Waals surface area (Å²) >= 11 is 0. The molecule has 0 aromatic heterocycles. The van der Waals surface area contributed by atoms with Gasteiger partial charge in [-0.2, -0.15) is 0 Å². The topological polar surface area (TPSA) is 20.3 Å². The fraction of sp³-hybridized carbons (Fsp3) is 0.938. The minimum Gasteiger partial charge on any atom is -0.298 e. The van der Waals surface area contributed by atoms with E-state index < -0.39 is 0 Å².